The lowest BCUT2D eigenvalue weighted by Gasteiger charge is -2.10. The fourth-order valence-corrected chi connectivity index (χ4v) is 3.29. The summed E-state index contributed by atoms with van der Waals surface area (Å²) in [7, 11) is 0. The molecular formula is C25H19FO5. The number of fused-ring (bicyclic) bond motifs is 1. The lowest BCUT2D eigenvalue weighted by Crippen LogP contribution is -2.11. The van der Waals surface area contributed by atoms with Crippen LogP contribution in [0.2, 0.25) is 0 Å². The Kier molecular flexibility index (Phi) is 5.54. The van der Waals surface area contributed by atoms with Crippen molar-refractivity contribution in [2.75, 3.05) is 6.61 Å². The van der Waals surface area contributed by atoms with E-state index in [4.69, 9.17) is 14.2 Å². The fraction of sp³-hybridized carbons (Fsp3) is 0.120. The minimum absolute atomic E-state index is 0.142. The molecule has 0 atom stereocenters. The van der Waals surface area contributed by atoms with Crippen molar-refractivity contribution in [3.63, 3.8) is 0 Å². The van der Waals surface area contributed by atoms with Crippen LogP contribution in [0.3, 0.4) is 0 Å². The van der Waals surface area contributed by atoms with Gasteiger partial charge in [0.15, 0.2) is 5.76 Å². The zero-order valence-electron chi connectivity index (χ0n) is 17.0. The van der Waals surface area contributed by atoms with Gasteiger partial charge in [0.25, 0.3) is 0 Å². The van der Waals surface area contributed by atoms with Crippen molar-refractivity contribution in [2.24, 2.45) is 0 Å². The number of rotatable bonds is 5. The van der Waals surface area contributed by atoms with Gasteiger partial charge >= 0.3 is 5.97 Å². The largest absolute Gasteiger partial charge is 0.493 e. The summed E-state index contributed by atoms with van der Waals surface area (Å²) in [5, 5.41) is 0. The van der Waals surface area contributed by atoms with E-state index in [0.717, 1.165) is 0 Å². The number of ether oxygens (including phenoxy) is 3. The number of hydrogen-bond donors (Lipinski definition) is 0. The van der Waals surface area contributed by atoms with Crippen molar-refractivity contribution >= 4 is 17.8 Å². The number of benzene rings is 3. The third kappa shape index (κ3) is 3.92. The Morgan fingerprint density at radius 1 is 1.03 bits per heavy atom. The smallest absolute Gasteiger partial charge is 0.346 e. The minimum atomic E-state index is -0.827. The zero-order chi connectivity index (χ0) is 22.0. The Labute approximate surface area is 178 Å². The lowest BCUT2D eigenvalue weighted by atomic mass is 10.1. The van der Waals surface area contributed by atoms with Crippen molar-refractivity contribution in [1.29, 1.82) is 0 Å². The predicted molar refractivity (Wildman–Crippen MR) is 113 cm³/mol. The Balaban J connectivity index is 1.63. The van der Waals surface area contributed by atoms with E-state index in [9.17, 15) is 14.0 Å². The first-order chi connectivity index (χ1) is 15.0. The van der Waals surface area contributed by atoms with Gasteiger partial charge < -0.3 is 14.2 Å². The van der Waals surface area contributed by atoms with E-state index in [1.165, 1.54) is 30.3 Å². The highest BCUT2D eigenvalue weighted by molar-refractivity contribution is 6.15. The zero-order valence-corrected chi connectivity index (χ0v) is 17.0. The van der Waals surface area contributed by atoms with Crippen LogP contribution >= 0.6 is 0 Å². The van der Waals surface area contributed by atoms with Crippen molar-refractivity contribution in [1.82, 2.24) is 0 Å². The quantitative estimate of drug-likeness (QED) is 0.317. The average Bonchev–Trinajstić information content (AvgIpc) is 3.08. The summed E-state index contributed by atoms with van der Waals surface area (Å²) >= 11 is 0. The van der Waals surface area contributed by atoms with Crippen LogP contribution in [0.25, 0.3) is 6.08 Å². The van der Waals surface area contributed by atoms with E-state index in [1.54, 1.807) is 19.1 Å². The molecule has 1 heterocycles. The Bertz CT molecular complexity index is 1210. The van der Waals surface area contributed by atoms with E-state index >= 15 is 0 Å². The first kappa shape index (κ1) is 20.3. The average molecular weight is 418 g/mol. The van der Waals surface area contributed by atoms with Gasteiger partial charge in [-0.05, 0) is 50.3 Å². The molecule has 6 heteroatoms. The van der Waals surface area contributed by atoms with Gasteiger partial charge in [0.05, 0.1) is 17.7 Å². The molecule has 5 nitrogen and oxygen atoms in total. The molecular weight excluding hydrogens is 399 g/mol. The number of carbonyl (C=O) groups is 2. The second kappa shape index (κ2) is 8.44. The van der Waals surface area contributed by atoms with Crippen molar-refractivity contribution in [3.05, 3.63) is 94.5 Å². The van der Waals surface area contributed by atoms with Crippen LogP contribution in [0.15, 0.2) is 66.4 Å². The summed E-state index contributed by atoms with van der Waals surface area (Å²) in [6, 6.07) is 15.9. The second-order valence-corrected chi connectivity index (χ2v) is 6.85. The molecule has 0 aliphatic carbocycles. The van der Waals surface area contributed by atoms with Crippen LogP contribution in [0.4, 0.5) is 4.39 Å². The number of Topliss-reactive ketones (excluding diaryl/α,β-unsaturated/α-hetero) is 1. The third-order valence-electron chi connectivity index (χ3n) is 4.84. The summed E-state index contributed by atoms with van der Waals surface area (Å²) in [5.74, 6) is -0.497. The summed E-state index contributed by atoms with van der Waals surface area (Å²) in [6.07, 6.45) is 1.62. The number of allylic oxidation sites excluding steroid dienone is 1. The second-order valence-electron chi connectivity index (χ2n) is 6.85. The van der Waals surface area contributed by atoms with Crippen molar-refractivity contribution in [3.8, 4) is 17.2 Å². The molecule has 0 spiro atoms. The Morgan fingerprint density at radius 2 is 1.77 bits per heavy atom. The SMILES string of the molecule is CCOc1ccccc1/C=C1\Oc2c(ccc(OC(=O)c3ccccc3F)c2C)C1=O. The third-order valence-corrected chi connectivity index (χ3v) is 4.84. The molecule has 31 heavy (non-hydrogen) atoms. The van der Waals surface area contributed by atoms with Gasteiger partial charge in [-0.25, -0.2) is 9.18 Å². The molecule has 0 N–H and O–H groups in total. The molecule has 156 valence electrons. The van der Waals surface area contributed by atoms with E-state index in [1.807, 2.05) is 31.2 Å². The topological polar surface area (TPSA) is 61.8 Å². The molecule has 4 rings (SSSR count). The summed E-state index contributed by atoms with van der Waals surface area (Å²) in [4.78, 5) is 25.2. The first-order valence-electron chi connectivity index (χ1n) is 9.76. The van der Waals surface area contributed by atoms with Crippen LogP contribution in [0, 0.1) is 12.7 Å². The predicted octanol–water partition coefficient (Wildman–Crippen LogP) is 5.37. The fourth-order valence-electron chi connectivity index (χ4n) is 3.29. The van der Waals surface area contributed by atoms with Crippen LogP contribution in [-0.4, -0.2) is 18.4 Å². The Morgan fingerprint density at radius 3 is 2.55 bits per heavy atom. The number of ketones is 1. The molecule has 0 bridgehead atoms. The molecule has 1 aliphatic rings. The van der Waals surface area contributed by atoms with Crippen LogP contribution in [-0.2, 0) is 0 Å². The van der Waals surface area contributed by atoms with Gasteiger partial charge in [0, 0.05) is 11.1 Å². The maximum atomic E-state index is 13.9. The normalized spacial score (nSPS) is 13.6. The summed E-state index contributed by atoms with van der Waals surface area (Å²) in [5.41, 5.74) is 1.37. The highest BCUT2D eigenvalue weighted by Gasteiger charge is 2.31. The van der Waals surface area contributed by atoms with Gasteiger partial charge in [-0.15, -0.1) is 0 Å². The number of esters is 1. The maximum absolute atomic E-state index is 13.9. The van der Waals surface area contributed by atoms with Crippen LogP contribution < -0.4 is 14.2 Å². The number of para-hydroxylation sites is 1. The van der Waals surface area contributed by atoms with Gasteiger partial charge in [-0.1, -0.05) is 30.3 Å². The number of halogens is 1. The van der Waals surface area contributed by atoms with E-state index in [2.05, 4.69) is 0 Å². The molecule has 0 fully saturated rings. The summed E-state index contributed by atoms with van der Waals surface area (Å²) < 4.78 is 30.7. The first-order valence-corrected chi connectivity index (χ1v) is 9.76. The molecule has 0 radical (unpaired) electrons. The highest BCUT2D eigenvalue weighted by atomic mass is 19.1. The van der Waals surface area contributed by atoms with Gasteiger partial charge in [0.1, 0.15) is 23.1 Å². The molecule has 0 saturated heterocycles. The molecule has 0 saturated carbocycles. The van der Waals surface area contributed by atoms with E-state index in [0.29, 0.717) is 34.8 Å². The maximum Gasteiger partial charge on any atom is 0.346 e. The van der Waals surface area contributed by atoms with Crippen LogP contribution in [0.1, 0.15) is 38.8 Å². The molecule has 1 aliphatic heterocycles. The standard InChI is InChI=1S/C25H19FO5/c1-3-29-21-11-7-4-8-16(21)14-22-23(27)18-12-13-20(15(2)24(18)30-22)31-25(28)17-9-5-6-10-19(17)26/h4-14H,3H2,1-2H3/b22-14-. The molecule has 0 unspecified atom stereocenters. The highest BCUT2D eigenvalue weighted by Crippen LogP contribution is 2.40. The number of hydrogen-bond acceptors (Lipinski definition) is 5. The molecule has 0 aromatic heterocycles. The van der Waals surface area contributed by atoms with Gasteiger partial charge in [0.2, 0.25) is 5.78 Å². The molecule has 3 aromatic carbocycles. The summed E-state index contributed by atoms with van der Waals surface area (Å²) in [6.45, 7) is 4.04. The van der Waals surface area contributed by atoms with Crippen molar-refractivity contribution < 1.29 is 28.2 Å². The Hall–Kier alpha value is -3.93. The monoisotopic (exact) mass is 418 g/mol. The molecule has 0 amide bonds. The van der Waals surface area contributed by atoms with Gasteiger partial charge in [-0.3, -0.25) is 4.79 Å². The molecule has 3 aromatic rings. The van der Waals surface area contributed by atoms with E-state index < -0.39 is 11.8 Å². The number of carbonyl (C=O) groups excluding carboxylic acids is 2. The van der Waals surface area contributed by atoms with Gasteiger partial charge in [-0.2, -0.15) is 0 Å². The van der Waals surface area contributed by atoms with Crippen LogP contribution in [0.5, 0.6) is 17.2 Å². The van der Waals surface area contributed by atoms with Crippen molar-refractivity contribution in [2.45, 2.75) is 13.8 Å². The van der Waals surface area contributed by atoms with E-state index in [-0.39, 0.29) is 22.9 Å². The lowest BCUT2D eigenvalue weighted by molar-refractivity contribution is 0.0728. The minimum Gasteiger partial charge on any atom is -0.493 e.